The van der Waals surface area contributed by atoms with Gasteiger partial charge in [-0.2, -0.15) is 0 Å². The highest BCUT2D eigenvalue weighted by Gasteiger charge is 2.54. The minimum absolute atomic E-state index is 0.0290. The van der Waals surface area contributed by atoms with E-state index in [1.54, 1.807) is 0 Å². The number of nitrogens with zero attached hydrogens (tertiary/aromatic N) is 1. The highest BCUT2D eigenvalue weighted by atomic mass is 16.4. The average Bonchev–Trinajstić information content (AvgIpc) is 2.93. The van der Waals surface area contributed by atoms with E-state index in [4.69, 9.17) is 5.73 Å². The van der Waals surface area contributed by atoms with Crippen LogP contribution in [0.5, 0.6) is 0 Å². The maximum atomic E-state index is 12.4. The molecule has 0 aromatic carbocycles. The van der Waals surface area contributed by atoms with E-state index in [0.29, 0.717) is 19.4 Å². The molecule has 124 valence electrons. The number of nitrogens with one attached hydrogen (secondary N) is 1. The molecule has 4 N–H and O–H groups in total. The number of carbonyl (C=O) groups is 3. The molecule has 2 amide bonds. The molecule has 0 spiro atoms. The summed E-state index contributed by atoms with van der Waals surface area (Å²) in [6, 6.07) is 0. The smallest absolute Gasteiger partial charge is 0.329 e. The normalized spacial score (nSPS) is 26.1. The Balaban J connectivity index is 2.11. The summed E-state index contributed by atoms with van der Waals surface area (Å²) in [5.41, 5.74) is 3.97. The molecule has 7 nitrogen and oxygen atoms in total. The number of primary amides is 1. The number of carbonyl (C=O) groups excluding carboxylic acids is 2. The third-order valence-electron chi connectivity index (χ3n) is 4.95. The van der Waals surface area contributed by atoms with Crippen molar-refractivity contribution in [1.82, 2.24) is 10.2 Å². The third kappa shape index (κ3) is 3.24. The van der Waals surface area contributed by atoms with Crippen LogP contribution in [0, 0.1) is 5.92 Å². The standard InChI is InChI=1S/C15H25N3O4/c16-12(19)9-17-10-13(20)18-8-4-7-15(18,14(21)22)11-5-2-1-3-6-11/h11,17H,1-10H2,(H2,16,19)(H,21,22)/t15-/m1/s1. The van der Waals surface area contributed by atoms with Gasteiger partial charge in [-0.05, 0) is 31.6 Å². The summed E-state index contributed by atoms with van der Waals surface area (Å²) >= 11 is 0. The maximum Gasteiger partial charge on any atom is 0.329 e. The lowest BCUT2D eigenvalue weighted by atomic mass is 9.73. The second-order valence-corrected chi connectivity index (χ2v) is 6.28. The van der Waals surface area contributed by atoms with Crippen LogP contribution in [0.1, 0.15) is 44.9 Å². The number of rotatable bonds is 6. The van der Waals surface area contributed by atoms with E-state index >= 15 is 0 Å². The van der Waals surface area contributed by atoms with Crippen LogP contribution in [0.4, 0.5) is 0 Å². The van der Waals surface area contributed by atoms with Crippen LogP contribution in [-0.4, -0.2) is 53.0 Å². The Morgan fingerprint density at radius 1 is 1.14 bits per heavy atom. The fourth-order valence-corrected chi connectivity index (χ4v) is 3.98. The molecule has 1 atom stereocenters. The number of amides is 2. The highest BCUT2D eigenvalue weighted by Crippen LogP contribution is 2.43. The van der Waals surface area contributed by atoms with Crippen molar-refractivity contribution >= 4 is 17.8 Å². The summed E-state index contributed by atoms with van der Waals surface area (Å²) in [5, 5.41) is 12.5. The van der Waals surface area contributed by atoms with Crippen LogP contribution in [0.15, 0.2) is 0 Å². The Labute approximate surface area is 130 Å². The predicted molar refractivity (Wildman–Crippen MR) is 80.0 cm³/mol. The fourth-order valence-electron chi connectivity index (χ4n) is 3.98. The lowest BCUT2D eigenvalue weighted by Gasteiger charge is -2.42. The van der Waals surface area contributed by atoms with Crippen LogP contribution in [0.25, 0.3) is 0 Å². The van der Waals surface area contributed by atoms with E-state index in [0.717, 1.165) is 32.1 Å². The summed E-state index contributed by atoms with van der Waals surface area (Å²) in [6.07, 6.45) is 6.16. The number of aliphatic carboxylic acids is 1. The zero-order chi connectivity index (χ0) is 16.2. The minimum atomic E-state index is -1.06. The molecule has 0 aromatic rings. The van der Waals surface area contributed by atoms with Crippen molar-refractivity contribution in [3.8, 4) is 0 Å². The molecule has 1 aliphatic carbocycles. The van der Waals surface area contributed by atoms with Crippen molar-refractivity contribution in [3.05, 3.63) is 0 Å². The van der Waals surface area contributed by atoms with Gasteiger partial charge in [0.15, 0.2) is 0 Å². The first-order valence-corrected chi connectivity index (χ1v) is 8.01. The first-order valence-electron chi connectivity index (χ1n) is 8.01. The van der Waals surface area contributed by atoms with Gasteiger partial charge >= 0.3 is 5.97 Å². The van der Waals surface area contributed by atoms with Gasteiger partial charge in [0.05, 0.1) is 13.1 Å². The fraction of sp³-hybridized carbons (Fsp3) is 0.800. The molecule has 0 unspecified atom stereocenters. The van der Waals surface area contributed by atoms with Gasteiger partial charge in [0.25, 0.3) is 0 Å². The van der Waals surface area contributed by atoms with Crippen LogP contribution in [-0.2, 0) is 14.4 Å². The number of likely N-dealkylation sites (tertiary alicyclic amines) is 1. The average molecular weight is 311 g/mol. The number of hydrogen-bond donors (Lipinski definition) is 3. The van der Waals surface area contributed by atoms with Gasteiger partial charge in [-0.1, -0.05) is 19.3 Å². The maximum absolute atomic E-state index is 12.4. The van der Waals surface area contributed by atoms with Gasteiger partial charge in [-0.3, -0.25) is 14.9 Å². The van der Waals surface area contributed by atoms with Crippen LogP contribution < -0.4 is 11.1 Å². The van der Waals surface area contributed by atoms with Crippen molar-refractivity contribution in [2.45, 2.75) is 50.5 Å². The van der Waals surface area contributed by atoms with Gasteiger partial charge in [0, 0.05) is 6.54 Å². The molecule has 1 aliphatic heterocycles. The van der Waals surface area contributed by atoms with E-state index < -0.39 is 17.4 Å². The topological polar surface area (TPSA) is 113 Å². The Morgan fingerprint density at radius 2 is 1.82 bits per heavy atom. The van der Waals surface area contributed by atoms with Crippen molar-refractivity contribution < 1.29 is 19.5 Å². The third-order valence-corrected chi connectivity index (χ3v) is 4.95. The Kier molecular flexibility index (Phi) is 5.39. The minimum Gasteiger partial charge on any atom is -0.479 e. The molecule has 2 rings (SSSR count). The Bertz CT molecular complexity index is 448. The summed E-state index contributed by atoms with van der Waals surface area (Å²) in [6.45, 7) is 0.341. The van der Waals surface area contributed by atoms with Crippen molar-refractivity contribution in [3.63, 3.8) is 0 Å². The first-order chi connectivity index (χ1) is 10.5. The molecule has 2 fully saturated rings. The van der Waals surface area contributed by atoms with Crippen molar-refractivity contribution in [2.75, 3.05) is 19.6 Å². The van der Waals surface area contributed by atoms with E-state index in [1.807, 2.05) is 0 Å². The number of hydrogen-bond acceptors (Lipinski definition) is 4. The molecule has 0 radical (unpaired) electrons. The number of carboxylic acids is 1. The monoisotopic (exact) mass is 311 g/mol. The summed E-state index contributed by atoms with van der Waals surface area (Å²) in [5.74, 6) is -1.65. The summed E-state index contributed by atoms with van der Waals surface area (Å²) < 4.78 is 0. The predicted octanol–water partition coefficient (Wildman–Crippen LogP) is 0.0874. The first kappa shape index (κ1) is 16.7. The molecule has 1 saturated heterocycles. The molecule has 1 saturated carbocycles. The molecular weight excluding hydrogens is 286 g/mol. The van der Waals surface area contributed by atoms with Crippen LogP contribution >= 0.6 is 0 Å². The van der Waals surface area contributed by atoms with Gasteiger partial charge in [-0.25, -0.2) is 4.79 Å². The van der Waals surface area contributed by atoms with Gasteiger partial charge in [0.1, 0.15) is 5.54 Å². The molecule has 1 heterocycles. The van der Waals surface area contributed by atoms with Crippen molar-refractivity contribution in [1.29, 1.82) is 0 Å². The quantitative estimate of drug-likeness (QED) is 0.643. The molecule has 0 bridgehead atoms. The SMILES string of the molecule is NC(=O)CNCC(=O)N1CCC[C@]1(C(=O)O)C1CCCCC1. The second-order valence-electron chi connectivity index (χ2n) is 6.28. The van der Waals surface area contributed by atoms with Gasteiger partial charge in [0.2, 0.25) is 11.8 Å². The zero-order valence-corrected chi connectivity index (χ0v) is 12.8. The van der Waals surface area contributed by atoms with E-state index in [1.165, 1.54) is 4.90 Å². The Morgan fingerprint density at radius 3 is 2.41 bits per heavy atom. The molecule has 0 aromatic heterocycles. The van der Waals surface area contributed by atoms with Gasteiger partial charge in [-0.15, -0.1) is 0 Å². The van der Waals surface area contributed by atoms with Gasteiger partial charge < -0.3 is 15.7 Å². The largest absolute Gasteiger partial charge is 0.479 e. The molecule has 2 aliphatic rings. The van der Waals surface area contributed by atoms with Crippen molar-refractivity contribution in [2.24, 2.45) is 11.7 Å². The number of nitrogens with two attached hydrogens (primary N) is 1. The van der Waals surface area contributed by atoms with E-state index in [9.17, 15) is 19.5 Å². The van der Waals surface area contributed by atoms with Crippen LogP contribution in [0.2, 0.25) is 0 Å². The molecule has 7 heteroatoms. The summed E-state index contributed by atoms with van der Waals surface area (Å²) in [4.78, 5) is 36.7. The zero-order valence-electron chi connectivity index (χ0n) is 12.8. The molecule has 22 heavy (non-hydrogen) atoms. The lowest BCUT2D eigenvalue weighted by molar-refractivity contribution is -0.161. The lowest BCUT2D eigenvalue weighted by Crippen LogP contribution is -2.59. The highest BCUT2D eigenvalue weighted by molar-refractivity contribution is 5.89. The number of carboxylic acid groups (broad SMARTS) is 1. The van der Waals surface area contributed by atoms with E-state index in [-0.39, 0.29) is 24.9 Å². The Hall–Kier alpha value is -1.63. The molecular formula is C15H25N3O4. The second kappa shape index (κ2) is 7.09. The summed E-state index contributed by atoms with van der Waals surface area (Å²) in [7, 11) is 0. The van der Waals surface area contributed by atoms with E-state index in [2.05, 4.69) is 5.32 Å². The van der Waals surface area contributed by atoms with Crippen LogP contribution in [0.3, 0.4) is 0 Å².